The third-order valence-corrected chi connectivity index (χ3v) is 4.27. The van der Waals surface area contributed by atoms with Crippen LogP contribution in [0.1, 0.15) is 38.2 Å². The molecule has 1 fully saturated rings. The Bertz CT molecular complexity index is 579. The number of hydrogen-bond acceptors (Lipinski definition) is 1. The molecule has 126 valence electrons. The van der Waals surface area contributed by atoms with Crippen molar-refractivity contribution in [1.29, 1.82) is 0 Å². The highest BCUT2D eigenvalue weighted by Gasteiger charge is 2.18. The molecule has 23 heavy (non-hydrogen) atoms. The topological polar surface area (TPSA) is 67.5 Å². The first-order chi connectivity index (χ1) is 10.5. The Kier molecular flexibility index (Phi) is 8.13. The number of nitrogens with zero attached hydrogens (tertiary/aromatic N) is 1. The average molecular weight is 356 g/mol. The lowest BCUT2D eigenvalue weighted by Crippen LogP contribution is -2.37. The Morgan fingerprint density at radius 1 is 1.30 bits per heavy atom. The molecule has 2 rings (SSSR count). The smallest absolute Gasteiger partial charge is 0.340 e. The monoisotopic (exact) mass is 355 g/mol. The fourth-order valence-electron chi connectivity index (χ4n) is 2.63. The van der Waals surface area contributed by atoms with Gasteiger partial charge in [0.2, 0.25) is 0 Å². The van der Waals surface area contributed by atoms with Crippen molar-refractivity contribution in [3.05, 3.63) is 40.9 Å². The molecule has 0 atom stereocenters. The summed E-state index contributed by atoms with van der Waals surface area (Å²) in [7, 11) is 0. The molecular weight excluding hydrogens is 333 g/mol. The van der Waals surface area contributed by atoms with Gasteiger partial charge in [0.1, 0.15) is 5.84 Å². The second kappa shape index (κ2) is 9.58. The van der Waals surface area contributed by atoms with Crippen LogP contribution in [0, 0.1) is 5.92 Å². The van der Waals surface area contributed by atoms with E-state index < -0.39 is 6.03 Å². The highest BCUT2D eigenvalue weighted by atomic mass is 35.5. The molecule has 0 spiro atoms. The Hall–Kier alpha value is -1.52. The number of nitrogens with two attached hydrogens (primary N) is 1. The highest BCUT2D eigenvalue weighted by Crippen LogP contribution is 2.23. The van der Waals surface area contributed by atoms with Crippen molar-refractivity contribution in [2.24, 2.45) is 16.6 Å². The summed E-state index contributed by atoms with van der Waals surface area (Å²) in [4.78, 5) is 15.0. The quantitative estimate of drug-likeness (QED) is 0.622. The number of nitrogens with one attached hydrogen (secondary N) is 1. The van der Waals surface area contributed by atoms with Gasteiger partial charge in [0.15, 0.2) is 0 Å². The van der Waals surface area contributed by atoms with Crippen molar-refractivity contribution < 1.29 is 4.79 Å². The second-order valence-corrected chi connectivity index (χ2v) is 6.20. The van der Waals surface area contributed by atoms with E-state index in [1.807, 2.05) is 30.3 Å². The fraction of sp³-hybridized carbons (Fsp3) is 0.412. The predicted octanol–water partition coefficient (Wildman–Crippen LogP) is 4.42. The van der Waals surface area contributed by atoms with E-state index in [1.54, 1.807) is 6.08 Å². The van der Waals surface area contributed by atoms with Crippen LogP contribution in [-0.2, 0) is 0 Å². The second-order valence-electron chi connectivity index (χ2n) is 5.79. The number of rotatable bonds is 3. The van der Waals surface area contributed by atoms with Crippen molar-refractivity contribution in [3.63, 3.8) is 0 Å². The van der Waals surface area contributed by atoms with Crippen LogP contribution in [0.25, 0.3) is 6.08 Å². The molecule has 0 aromatic heterocycles. The van der Waals surface area contributed by atoms with Crippen molar-refractivity contribution in [1.82, 2.24) is 5.32 Å². The van der Waals surface area contributed by atoms with E-state index in [0.717, 1.165) is 24.3 Å². The summed E-state index contributed by atoms with van der Waals surface area (Å²) < 4.78 is 0. The van der Waals surface area contributed by atoms with Gasteiger partial charge in [-0.15, -0.1) is 12.4 Å². The van der Waals surface area contributed by atoms with Gasteiger partial charge in [0, 0.05) is 11.1 Å². The van der Waals surface area contributed by atoms with Gasteiger partial charge in [-0.25, -0.2) is 4.79 Å². The molecule has 0 heterocycles. The third-order valence-electron chi connectivity index (χ3n) is 3.92. The number of amides is 2. The lowest BCUT2D eigenvalue weighted by molar-refractivity contribution is 0.256. The van der Waals surface area contributed by atoms with Gasteiger partial charge in [-0.05, 0) is 55.4 Å². The molecular formula is C17H23Cl2N3O. The average Bonchev–Trinajstić information content (AvgIpc) is 2.48. The van der Waals surface area contributed by atoms with Crippen LogP contribution in [-0.4, -0.2) is 17.9 Å². The molecule has 1 aliphatic carbocycles. The van der Waals surface area contributed by atoms with Crippen LogP contribution in [0.5, 0.6) is 0 Å². The highest BCUT2D eigenvalue weighted by molar-refractivity contribution is 6.32. The number of primary amides is 1. The van der Waals surface area contributed by atoms with E-state index in [2.05, 4.69) is 17.2 Å². The first-order valence-electron chi connectivity index (χ1n) is 7.62. The van der Waals surface area contributed by atoms with E-state index in [9.17, 15) is 4.79 Å². The van der Waals surface area contributed by atoms with Gasteiger partial charge >= 0.3 is 6.03 Å². The van der Waals surface area contributed by atoms with Crippen LogP contribution in [0.4, 0.5) is 4.79 Å². The number of carbonyl (C=O) groups is 1. The zero-order chi connectivity index (χ0) is 15.9. The standard InChI is InChI=1S/C17H22ClN3O.ClH/c1-12-6-9-14(10-7-12)20-16(21-17(19)22)11-8-13-4-2-3-5-15(13)18;/h2-5,8,11-12,14H,6-7,9-10H2,1H3,(H3,19,20,21,22);1H. The summed E-state index contributed by atoms with van der Waals surface area (Å²) >= 11 is 6.12. The maximum atomic E-state index is 11.1. The maximum absolute atomic E-state index is 11.1. The van der Waals surface area contributed by atoms with Crippen LogP contribution in [0.2, 0.25) is 5.02 Å². The number of halogens is 2. The molecule has 1 aromatic rings. The number of hydrogen-bond donors (Lipinski definition) is 2. The largest absolute Gasteiger partial charge is 0.367 e. The van der Waals surface area contributed by atoms with Gasteiger partial charge in [-0.2, -0.15) is 4.99 Å². The van der Waals surface area contributed by atoms with Crippen molar-refractivity contribution in [2.75, 3.05) is 0 Å². The van der Waals surface area contributed by atoms with Crippen molar-refractivity contribution in [3.8, 4) is 0 Å². The van der Waals surface area contributed by atoms with Crippen LogP contribution in [0.3, 0.4) is 0 Å². The van der Waals surface area contributed by atoms with E-state index in [-0.39, 0.29) is 12.4 Å². The lowest BCUT2D eigenvalue weighted by Gasteiger charge is -2.27. The normalized spacial score (nSPS) is 21.7. The minimum Gasteiger partial charge on any atom is -0.367 e. The summed E-state index contributed by atoms with van der Waals surface area (Å²) in [5.74, 6) is 1.26. The summed E-state index contributed by atoms with van der Waals surface area (Å²) in [5, 5.41) is 3.97. The van der Waals surface area contributed by atoms with Crippen LogP contribution < -0.4 is 11.1 Å². The number of urea groups is 1. The first-order valence-corrected chi connectivity index (χ1v) is 7.99. The summed E-state index contributed by atoms with van der Waals surface area (Å²) in [5.41, 5.74) is 6.07. The lowest BCUT2D eigenvalue weighted by atomic mass is 9.87. The minimum absolute atomic E-state index is 0. The van der Waals surface area contributed by atoms with Crippen molar-refractivity contribution in [2.45, 2.75) is 38.6 Å². The van der Waals surface area contributed by atoms with Gasteiger partial charge in [-0.3, -0.25) is 0 Å². The number of benzene rings is 1. The number of amidine groups is 1. The van der Waals surface area contributed by atoms with Crippen LogP contribution >= 0.6 is 24.0 Å². The molecule has 1 saturated carbocycles. The van der Waals surface area contributed by atoms with E-state index >= 15 is 0 Å². The van der Waals surface area contributed by atoms with Crippen LogP contribution in [0.15, 0.2) is 35.3 Å². The van der Waals surface area contributed by atoms with Gasteiger partial charge in [0.05, 0.1) is 0 Å². The summed E-state index contributed by atoms with van der Waals surface area (Å²) in [6.45, 7) is 2.27. The first kappa shape index (κ1) is 19.5. The summed E-state index contributed by atoms with van der Waals surface area (Å²) in [6, 6.07) is 7.15. The predicted molar refractivity (Wildman–Crippen MR) is 99.3 cm³/mol. The Balaban J connectivity index is 0.00000264. The Morgan fingerprint density at radius 2 is 1.96 bits per heavy atom. The molecule has 0 radical (unpaired) electrons. The van der Waals surface area contributed by atoms with Crippen molar-refractivity contribution >= 4 is 42.0 Å². The summed E-state index contributed by atoms with van der Waals surface area (Å²) in [6.07, 6.45) is 8.13. The molecule has 1 aromatic carbocycles. The molecule has 1 aliphatic rings. The number of carbonyl (C=O) groups excluding carboxylic acids is 1. The SMILES string of the molecule is CC1CCC(NC(C=Cc2ccccc2Cl)=NC(N)=O)CC1.Cl. The molecule has 2 amide bonds. The molecule has 0 bridgehead atoms. The Morgan fingerprint density at radius 3 is 2.57 bits per heavy atom. The minimum atomic E-state index is -0.699. The molecule has 6 heteroatoms. The van der Waals surface area contributed by atoms with E-state index in [0.29, 0.717) is 16.9 Å². The fourth-order valence-corrected chi connectivity index (χ4v) is 2.83. The molecule has 4 nitrogen and oxygen atoms in total. The van der Waals surface area contributed by atoms with Gasteiger partial charge < -0.3 is 11.1 Å². The zero-order valence-electron chi connectivity index (χ0n) is 13.2. The molecule has 0 unspecified atom stereocenters. The van der Waals surface area contributed by atoms with Gasteiger partial charge in [0.25, 0.3) is 0 Å². The third kappa shape index (κ3) is 6.63. The molecule has 0 aliphatic heterocycles. The van der Waals surface area contributed by atoms with Gasteiger partial charge in [-0.1, -0.05) is 36.7 Å². The van der Waals surface area contributed by atoms with E-state index in [1.165, 1.54) is 12.8 Å². The Labute approximate surface area is 148 Å². The molecule has 3 N–H and O–H groups in total. The van der Waals surface area contributed by atoms with E-state index in [4.69, 9.17) is 17.3 Å². The zero-order valence-corrected chi connectivity index (χ0v) is 14.7. The molecule has 0 saturated heterocycles. The number of aliphatic imine (C=N–C) groups is 1. The maximum Gasteiger partial charge on any atom is 0.340 e.